The predicted octanol–water partition coefficient (Wildman–Crippen LogP) is 1.67. The Labute approximate surface area is 125 Å². The van der Waals surface area contributed by atoms with E-state index in [4.69, 9.17) is 4.74 Å². The Kier molecular flexibility index (Phi) is 4.46. The molecule has 0 saturated carbocycles. The van der Waals surface area contributed by atoms with Crippen molar-refractivity contribution in [2.75, 3.05) is 12.9 Å². The summed E-state index contributed by atoms with van der Waals surface area (Å²) >= 11 is 2.19. The average molecular weight is 396 g/mol. The molecule has 7 heteroatoms. The van der Waals surface area contributed by atoms with E-state index in [9.17, 15) is 13.2 Å². The highest BCUT2D eigenvalue weighted by atomic mass is 127. The SMILES string of the molecule is CS(=O)(=O)OC[C@H]1CC(c2ccc(I)cc2)C(=O)O1. The first kappa shape index (κ1) is 14.7. The maximum Gasteiger partial charge on any atom is 0.313 e. The summed E-state index contributed by atoms with van der Waals surface area (Å²) < 4.78 is 32.7. The molecule has 0 amide bonds. The maximum atomic E-state index is 11.8. The van der Waals surface area contributed by atoms with E-state index in [1.165, 1.54) is 0 Å². The number of benzene rings is 1. The van der Waals surface area contributed by atoms with Crippen LogP contribution in [0.15, 0.2) is 24.3 Å². The van der Waals surface area contributed by atoms with E-state index in [0.717, 1.165) is 15.4 Å². The van der Waals surface area contributed by atoms with Gasteiger partial charge in [0.25, 0.3) is 10.1 Å². The van der Waals surface area contributed by atoms with Gasteiger partial charge in [-0.25, -0.2) is 0 Å². The smallest absolute Gasteiger partial charge is 0.313 e. The topological polar surface area (TPSA) is 69.7 Å². The van der Waals surface area contributed by atoms with E-state index in [-0.39, 0.29) is 18.5 Å². The van der Waals surface area contributed by atoms with Gasteiger partial charge >= 0.3 is 5.97 Å². The Morgan fingerprint density at radius 2 is 2.00 bits per heavy atom. The van der Waals surface area contributed by atoms with Gasteiger partial charge in [0, 0.05) is 9.99 Å². The standard InChI is InChI=1S/C12H13IO5S/c1-19(15,16)17-7-10-6-11(12(14)18-10)8-2-4-9(13)5-3-8/h2-5,10-11H,6-7H2,1H3/t10-,11?/m1/s1. The molecule has 1 aliphatic heterocycles. The van der Waals surface area contributed by atoms with Crippen molar-refractivity contribution < 1.29 is 22.1 Å². The molecule has 0 aromatic heterocycles. The normalized spacial score (nSPS) is 23.4. The third-order valence-corrected chi connectivity index (χ3v) is 4.09. The van der Waals surface area contributed by atoms with E-state index < -0.39 is 16.2 Å². The van der Waals surface area contributed by atoms with Crippen molar-refractivity contribution >= 4 is 38.7 Å². The molecule has 0 spiro atoms. The van der Waals surface area contributed by atoms with Crippen LogP contribution in [0.3, 0.4) is 0 Å². The van der Waals surface area contributed by atoms with Crippen LogP contribution in [0.2, 0.25) is 0 Å². The Morgan fingerprint density at radius 1 is 1.37 bits per heavy atom. The van der Waals surface area contributed by atoms with Gasteiger partial charge in [0.1, 0.15) is 12.7 Å². The van der Waals surface area contributed by atoms with Crippen molar-refractivity contribution in [3.05, 3.63) is 33.4 Å². The van der Waals surface area contributed by atoms with Crippen LogP contribution in [0, 0.1) is 3.57 Å². The first-order valence-electron chi connectivity index (χ1n) is 5.65. The average Bonchev–Trinajstić information content (AvgIpc) is 2.68. The largest absolute Gasteiger partial charge is 0.459 e. The van der Waals surface area contributed by atoms with Crippen LogP contribution in [-0.2, 0) is 23.8 Å². The number of carbonyl (C=O) groups excluding carboxylic acids is 1. The molecule has 1 saturated heterocycles. The summed E-state index contributed by atoms with van der Waals surface area (Å²) in [5, 5.41) is 0. The zero-order valence-electron chi connectivity index (χ0n) is 10.2. The number of carbonyl (C=O) groups is 1. The molecule has 1 aromatic rings. The lowest BCUT2D eigenvalue weighted by molar-refractivity contribution is -0.143. The van der Waals surface area contributed by atoms with Gasteiger partial charge in [-0.1, -0.05) is 12.1 Å². The Balaban J connectivity index is 2.01. The maximum absolute atomic E-state index is 11.8. The lowest BCUT2D eigenvalue weighted by Gasteiger charge is -2.07. The molecule has 2 atom stereocenters. The molecule has 0 bridgehead atoms. The van der Waals surface area contributed by atoms with Crippen molar-refractivity contribution in [1.29, 1.82) is 0 Å². The molecule has 0 radical (unpaired) electrons. The number of cyclic esters (lactones) is 1. The van der Waals surface area contributed by atoms with Gasteiger partial charge in [-0.15, -0.1) is 0 Å². The highest BCUT2D eigenvalue weighted by Crippen LogP contribution is 2.31. The van der Waals surface area contributed by atoms with Crippen LogP contribution < -0.4 is 0 Å². The number of hydrogen-bond acceptors (Lipinski definition) is 5. The van der Waals surface area contributed by atoms with Crippen molar-refractivity contribution in [3.63, 3.8) is 0 Å². The predicted molar refractivity (Wildman–Crippen MR) is 77.2 cm³/mol. The zero-order valence-corrected chi connectivity index (χ0v) is 13.2. The highest BCUT2D eigenvalue weighted by Gasteiger charge is 2.36. The Hall–Kier alpha value is -0.670. The number of hydrogen-bond donors (Lipinski definition) is 0. The second-order valence-corrected chi connectivity index (χ2v) is 7.28. The van der Waals surface area contributed by atoms with Crippen LogP contribution in [0.4, 0.5) is 0 Å². The summed E-state index contributed by atoms with van der Waals surface area (Å²) in [6, 6.07) is 7.61. The fourth-order valence-electron chi connectivity index (χ4n) is 1.92. The molecule has 1 fully saturated rings. The summed E-state index contributed by atoms with van der Waals surface area (Å²) in [6.07, 6.45) is 0.904. The molecule has 1 unspecified atom stereocenters. The van der Waals surface area contributed by atoms with E-state index >= 15 is 0 Å². The summed E-state index contributed by atoms with van der Waals surface area (Å²) in [4.78, 5) is 11.8. The molecule has 1 aromatic carbocycles. The summed E-state index contributed by atoms with van der Waals surface area (Å²) in [7, 11) is -3.51. The van der Waals surface area contributed by atoms with Crippen LogP contribution >= 0.6 is 22.6 Å². The van der Waals surface area contributed by atoms with Gasteiger partial charge in [-0.2, -0.15) is 8.42 Å². The fraction of sp³-hybridized carbons (Fsp3) is 0.417. The first-order valence-corrected chi connectivity index (χ1v) is 8.55. The number of rotatable bonds is 4. The van der Waals surface area contributed by atoms with Gasteiger partial charge in [0.05, 0.1) is 12.2 Å². The van der Waals surface area contributed by atoms with Crippen LogP contribution in [0.5, 0.6) is 0 Å². The highest BCUT2D eigenvalue weighted by molar-refractivity contribution is 14.1. The first-order chi connectivity index (χ1) is 8.85. The van der Waals surface area contributed by atoms with Crippen LogP contribution in [0.1, 0.15) is 17.9 Å². The summed E-state index contributed by atoms with van der Waals surface area (Å²) in [6.45, 7) is -0.120. The van der Waals surface area contributed by atoms with Gasteiger partial charge in [0.2, 0.25) is 0 Å². The number of halogens is 1. The van der Waals surface area contributed by atoms with E-state index in [2.05, 4.69) is 26.8 Å². The Bertz CT molecular complexity index is 566. The Morgan fingerprint density at radius 3 is 2.58 bits per heavy atom. The second kappa shape index (κ2) is 5.76. The van der Waals surface area contributed by atoms with Gasteiger partial charge in [0.15, 0.2) is 0 Å². The third-order valence-electron chi connectivity index (χ3n) is 2.81. The molecule has 0 N–H and O–H groups in total. The third kappa shape index (κ3) is 4.15. The molecule has 19 heavy (non-hydrogen) atoms. The van der Waals surface area contributed by atoms with Gasteiger partial charge in [-0.3, -0.25) is 8.98 Å². The minimum Gasteiger partial charge on any atom is -0.459 e. The van der Waals surface area contributed by atoms with E-state index in [1.807, 2.05) is 24.3 Å². The van der Waals surface area contributed by atoms with E-state index in [1.54, 1.807) is 0 Å². The van der Waals surface area contributed by atoms with Crippen molar-refractivity contribution in [2.45, 2.75) is 18.4 Å². The molecular formula is C12H13IO5S. The molecule has 2 rings (SSSR count). The van der Waals surface area contributed by atoms with E-state index in [0.29, 0.717) is 6.42 Å². The van der Waals surface area contributed by atoms with Crippen molar-refractivity contribution in [2.24, 2.45) is 0 Å². The molecule has 104 valence electrons. The fourth-order valence-corrected chi connectivity index (χ4v) is 2.68. The van der Waals surface area contributed by atoms with Crippen LogP contribution in [0.25, 0.3) is 0 Å². The minimum atomic E-state index is -3.51. The van der Waals surface area contributed by atoms with Crippen molar-refractivity contribution in [3.8, 4) is 0 Å². The zero-order chi connectivity index (χ0) is 14.0. The summed E-state index contributed by atoms with van der Waals surface area (Å²) in [5.74, 6) is -0.673. The second-order valence-electron chi connectivity index (χ2n) is 4.39. The monoisotopic (exact) mass is 396 g/mol. The number of ether oxygens (including phenoxy) is 1. The summed E-state index contributed by atoms with van der Waals surface area (Å²) in [5.41, 5.74) is 0.882. The quantitative estimate of drug-likeness (QED) is 0.440. The lowest BCUT2D eigenvalue weighted by Crippen LogP contribution is -2.17. The van der Waals surface area contributed by atoms with Crippen LogP contribution in [-0.4, -0.2) is 33.4 Å². The minimum absolute atomic E-state index is 0.120. The molecule has 5 nitrogen and oxygen atoms in total. The molecular weight excluding hydrogens is 383 g/mol. The van der Waals surface area contributed by atoms with Gasteiger partial charge in [-0.05, 0) is 40.3 Å². The molecule has 1 heterocycles. The number of esters is 1. The molecule has 1 aliphatic rings. The molecule has 0 aliphatic carbocycles. The van der Waals surface area contributed by atoms with Crippen molar-refractivity contribution in [1.82, 2.24) is 0 Å². The lowest BCUT2D eigenvalue weighted by atomic mass is 9.96. The van der Waals surface area contributed by atoms with Gasteiger partial charge < -0.3 is 4.74 Å².